The molecular weight excluding hydrogens is 690 g/mol. The summed E-state index contributed by atoms with van der Waals surface area (Å²) in [4.78, 5) is 38.2. The quantitative estimate of drug-likeness (QED) is 0.317. The Hall–Kier alpha value is -3.73. The molecule has 1 spiro atoms. The van der Waals surface area contributed by atoms with Crippen LogP contribution in [-0.4, -0.2) is 142 Å². The van der Waals surface area contributed by atoms with Crippen LogP contribution in [0.4, 0.5) is 10.2 Å². The second-order valence-electron chi connectivity index (χ2n) is 15.7. The number of nitrogens with zero attached hydrogens (tertiary/aromatic N) is 9. The molecule has 5 aliphatic heterocycles. The Bertz CT molecular complexity index is 1790. The molecule has 1 aromatic carbocycles. The third-order valence-corrected chi connectivity index (χ3v) is 13.6. The molecule has 0 N–H and O–H groups in total. The fourth-order valence-corrected chi connectivity index (χ4v) is 10.9. The van der Waals surface area contributed by atoms with Crippen molar-refractivity contribution in [1.82, 2.24) is 38.5 Å². The van der Waals surface area contributed by atoms with Crippen LogP contribution >= 0.6 is 0 Å². The van der Waals surface area contributed by atoms with E-state index in [0.717, 1.165) is 52.0 Å². The molecule has 14 nitrogen and oxygen atoms in total. The average Bonchev–Trinajstić information content (AvgIpc) is 3.86. The summed E-state index contributed by atoms with van der Waals surface area (Å²) in [6, 6.07) is 3.50. The van der Waals surface area contributed by atoms with Crippen molar-refractivity contribution in [1.29, 1.82) is 0 Å². The number of carbonyl (C=O) groups is 2. The van der Waals surface area contributed by atoms with E-state index in [0.29, 0.717) is 38.4 Å². The van der Waals surface area contributed by atoms with E-state index in [1.165, 1.54) is 30.6 Å². The molecule has 5 aliphatic rings. The van der Waals surface area contributed by atoms with E-state index >= 15 is 0 Å². The first-order valence-electron chi connectivity index (χ1n) is 18.4. The lowest BCUT2D eigenvalue weighted by molar-refractivity contribution is -0.127. The minimum atomic E-state index is -3.57. The van der Waals surface area contributed by atoms with Crippen LogP contribution in [0.2, 0.25) is 0 Å². The van der Waals surface area contributed by atoms with Gasteiger partial charge in [-0.1, -0.05) is 6.58 Å². The normalized spacial score (nSPS) is 24.9. The van der Waals surface area contributed by atoms with Crippen LogP contribution in [0.1, 0.15) is 63.7 Å². The summed E-state index contributed by atoms with van der Waals surface area (Å²) in [6.07, 6.45) is 6.25. The van der Waals surface area contributed by atoms with Crippen LogP contribution in [0, 0.1) is 17.2 Å². The summed E-state index contributed by atoms with van der Waals surface area (Å²) in [5, 5.41) is 8.16. The number of piperidine rings is 1. The van der Waals surface area contributed by atoms with Gasteiger partial charge in [0.1, 0.15) is 17.9 Å². The van der Waals surface area contributed by atoms with E-state index in [9.17, 15) is 22.4 Å². The third-order valence-electron chi connectivity index (χ3n) is 11.6. The van der Waals surface area contributed by atoms with Gasteiger partial charge in [0.25, 0.3) is 22.0 Å². The summed E-state index contributed by atoms with van der Waals surface area (Å²) in [5.74, 6) is 0.198. The van der Waals surface area contributed by atoms with Crippen molar-refractivity contribution in [2.45, 2.75) is 77.5 Å². The number of anilines is 1. The lowest BCUT2D eigenvalue weighted by Gasteiger charge is -2.54. The number of amides is 2. The van der Waals surface area contributed by atoms with Crippen molar-refractivity contribution in [2.75, 3.05) is 63.8 Å². The Balaban J connectivity index is 0.921. The van der Waals surface area contributed by atoms with Gasteiger partial charge in [-0.2, -0.15) is 17.0 Å². The number of benzene rings is 1. The Morgan fingerprint density at radius 2 is 1.81 bits per heavy atom. The van der Waals surface area contributed by atoms with Crippen molar-refractivity contribution < 1.29 is 27.1 Å². The fourth-order valence-electron chi connectivity index (χ4n) is 9.02. The summed E-state index contributed by atoms with van der Waals surface area (Å²) in [7, 11) is -3.57. The first-order valence-corrected chi connectivity index (χ1v) is 19.8. The van der Waals surface area contributed by atoms with Gasteiger partial charge in [0, 0.05) is 75.4 Å². The highest BCUT2D eigenvalue weighted by Crippen LogP contribution is 2.45. The molecule has 5 saturated heterocycles. The molecule has 0 saturated carbocycles. The maximum atomic E-state index is 14.4. The van der Waals surface area contributed by atoms with Gasteiger partial charge in [0.15, 0.2) is 5.82 Å². The molecule has 282 valence electrons. The van der Waals surface area contributed by atoms with E-state index in [2.05, 4.69) is 31.6 Å². The minimum absolute atomic E-state index is 0.0690. The fraction of sp³-hybridized carbons (Fsp3) is 0.639. The highest BCUT2D eigenvalue weighted by Gasteiger charge is 2.52. The van der Waals surface area contributed by atoms with E-state index in [1.54, 1.807) is 18.4 Å². The molecule has 1 aromatic heterocycles. The largest absolute Gasteiger partial charge is 0.434 e. The van der Waals surface area contributed by atoms with Crippen LogP contribution in [0.3, 0.4) is 0 Å². The predicted molar refractivity (Wildman–Crippen MR) is 192 cm³/mol. The van der Waals surface area contributed by atoms with Crippen LogP contribution in [0.25, 0.3) is 0 Å². The van der Waals surface area contributed by atoms with Crippen LogP contribution in [-0.2, 0) is 15.0 Å². The monoisotopic (exact) mass is 739 g/mol. The van der Waals surface area contributed by atoms with Crippen molar-refractivity contribution in [3.8, 4) is 11.6 Å². The van der Waals surface area contributed by atoms with Crippen molar-refractivity contribution in [3.63, 3.8) is 0 Å². The summed E-state index contributed by atoms with van der Waals surface area (Å²) in [5.41, 5.74) is 0.247. The number of rotatable bonds is 11. The smallest absolute Gasteiger partial charge is 0.282 e. The molecule has 2 bridgehead atoms. The predicted octanol–water partition coefficient (Wildman–Crippen LogP) is 3.00. The van der Waals surface area contributed by atoms with Crippen molar-refractivity contribution >= 4 is 27.8 Å². The highest BCUT2D eigenvalue weighted by atomic mass is 32.2. The molecule has 2 aromatic rings. The zero-order valence-corrected chi connectivity index (χ0v) is 31.3. The third kappa shape index (κ3) is 6.90. The van der Waals surface area contributed by atoms with Crippen molar-refractivity contribution in [3.05, 3.63) is 48.6 Å². The minimum Gasteiger partial charge on any atom is -0.434 e. The number of halogens is 1. The second kappa shape index (κ2) is 14.3. The van der Waals surface area contributed by atoms with E-state index in [4.69, 9.17) is 4.74 Å². The molecule has 52 heavy (non-hydrogen) atoms. The lowest BCUT2D eigenvalue weighted by atomic mass is 9.72. The summed E-state index contributed by atoms with van der Waals surface area (Å²) >= 11 is 0. The van der Waals surface area contributed by atoms with Gasteiger partial charge < -0.3 is 24.3 Å². The molecule has 2 amide bonds. The topological polar surface area (TPSA) is 136 Å². The maximum Gasteiger partial charge on any atom is 0.282 e. The molecular formula is C36H50FN9O5S. The Morgan fingerprint density at radius 1 is 1.08 bits per heavy atom. The van der Waals surface area contributed by atoms with Gasteiger partial charge in [-0.05, 0) is 96.7 Å². The number of aromatic nitrogens is 3. The number of fused-ring (bicyclic) bond motifs is 2. The number of ether oxygens (including phenoxy) is 1. The molecule has 0 aliphatic carbocycles. The first kappa shape index (κ1) is 36.6. The Labute approximate surface area is 305 Å². The molecule has 5 fully saturated rings. The van der Waals surface area contributed by atoms with E-state index in [-0.39, 0.29) is 64.5 Å². The SMILES string of the molecule is C=CC(=O)N1C[C@@H]2C[C@H]1CN2S(=O)(=O)N1CC[C@H](CN2CCC3(CC2)CN(c2ncnnc2Oc2ccc(F)cc2C(=O)N(C(C)C)C(C)C)C3)C1. The number of hydrogen-bond acceptors (Lipinski definition) is 10. The van der Waals surface area contributed by atoms with Crippen LogP contribution < -0.4 is 9.64 Å². The zero-order chi connectivity index (χ0) is 36.9. The summed E-state index contributed by atoms with van der Waals surface area (Å²) in [6.45, 7) is 17.4. The summed E-state index contributed by atoms with van der Waals surface area (Å²) < 4.78 is 51.1. The molecule has 0 radical (unpaired) electrons. The first-order chi connectivity index (χ1) is 24.8. The number of hydrogen-bond donors (Lipinski definition) is 0. The molecule has 6 heterocycles. The molecule has 3 atom stereocenters. The van der Waals surface area contributed by atoms with Crippen molar-refractivity contribution in [2.24, 2.45) is 11.3 Å². The van der Waals surface area contributed by atoms with Gasteiger partial charge in [-0.3, -0.25) is 9.59 Å². The molecule has 7 rings (SSSR count). The second-order valence-corrected chi connectivity index (χ2v) is 17.6. The number of likely N-dealkylation sites (tertiary alicyclic amines) is 2. The van der Waals surface area contributed by atoms with Gasteiger partial charge in [-0.25, -0.2) is 9.37 Å². The highest BCUT2D eigenvalue weighted by molar-refractivity contribution is 7.86. The number of carbonyl (C=O) groups excluding carboxylic acids is 2. The Kier molecular flexibility index (Phi) is 10.0. The Morgan fingerprint density at radius 3 is 2.46 bits per heavy atom. The molecule has 0 unspecified atom stereocenters. The number of piperazine rings is 1. The van der Waals surface area contributed by atoms with Crippen LogP contribution in [0.15, 0.2) is 37.2 Å². The van der Waals surface area contributed by atoms with Gasteiger partial charge in [0.2, 0.25) is 5.91 Å². The van der Waals surface area contributed by atoms with Gasteiger partial charge in [0.05, 0.1) is 5.56 Å². The lowest BCUT2D eigenvalue weighted by Crippen LogP contribution is -2.61. The standard InChI is InChI=1S/C36H50FN9O5S/c1-6-32(47)44-19-29-16-28(44)20-45(29)52(49,50)43-12-9-26(18-43)17-41-13-10-36(11-14-41)21-42(22-36)33-34(40-39-23-38-33)51-31-8-7-27(37)15-30(31)35(48)46(24(2)3)25(4)5/h6-8,15,23-26,28-29H,1,9-14,16-22H2,2-5H3/t26-,28+,29+/m1/s1. The maximum absolute atomic E-state index is 14.4. The van der Waals surface area contributed by atoms with Gasteiger partial charge in [-0.15, -0.1) is 10.2 Å². The zero-order valence-electron chi connectivity index (χ0n) is 30.5. The molecule has 16 heteroatoms. The van der Waals surface area contributed by atoms with Crippen LogP contribution in [0.5, 0.6) is 11.6 Å². The average molecular weight is 740 g/mol. The van der Waals surface area contributed by atoms with Gasteiger partial charge >= 0.3 is 0 Å². The van der Waals surface area contributed by atoms with E-state index in [1.807, 2.05) is 27.7 Å². The van der Waals surface area contributed by atoms with E-state index < -0.39 is 16.0 Å².